The monoisotopic (exact) mass is 294 g/mol. The van der Waals surface area contributed by atoms with Crippen LogP contribution in [0.3, 0.4) is 0 Å². The van der Waals surface area contributed by atoms with E-state index in [1.54, 1.807) is 0 Å². The number of nitrogens with one attached hydrogen (secondary N) is 1. The Morgan fingerprint density at radius 3 is 2.95 bits per heavy atom. The Bertz CT molecular complexity index is 625. The van der Waals surface area contributed by atoms with Crippen LogP contribution in [0, 0.1) is 11.7 Å². The molecular weight excluding hydrogens is 276 g/mol. The summed E-state index contributed by atoms with van der Waals surface area (Å²) in [6.45, 7) is 6.43. The second kappa shape index (κ2) is 5.64. The van der Waals surface area contributed by atoms with Crippen LogP contribution in [0.15, 0.2) is 12.3 Å². The third kappa shape index (κ3) is 2.70. The molecule has 2 aromatic rings. The minimum absolute atomic E-state index is 0.781. The topological polar surface area (TPSA) is 36.9 Å². The first-order chi connectivity index (χ1) is 9.25. The fourth-order valence-electron chi connectivity index (χ4n) is 2.45. The van der Waals surface area contributed by atoms with Gasteiger partial charge in [0.25, 0.3) is 0 Å². The first kappa shape index (κ1) is 13.1. The maximum atomic E-state index is 5.42. The number of thioether (sulfide) groups is 1. The van der Waals surface area contributed by atoms with Crippen LogP contribution in [0.25, 0.3) is 11.2 Å². The molecule has 3 heterocycles. The van der Waals surface area contributed by atoms with Crippen LogP contribution < -0.4 is 0 Å². The number of aryl methyl sites for hydroxylation is 1. The van der Waals surface area contributed by atoms with Gasteiger partial charge in [-0.2, -0.15) is 11.8 Å². The van der Waals surface area contributed by atoms with E-state index in [0.717, 1.165) is 29.0 Å². The number of aromatic amines is 1. The van der Waals surface area contributed by atoms with Crippen molar-refractivity contribution in [2.45, 2.75) is 13.5 Å². The molecule has 2 aromatic heterocycles. The quantitative estimate of drug-likeness (QED) is 0.882. The van der Waals surface area contributed by atoms with Gasteiger partial charge in [-0.3, -0.25) is 4.90 Å². The third-order valence-corrected chi connectivity index (χ3v) is 4.88. The molecular formula is C13H18N4S2. The Balaban J connectivity index is 1.82. The van der Waals surface area contributed by atoms with Crippen LogP contribution in [0.5, 0.6) is 0 Å². The lowest BCUT2D eigenvalue weighted by atomic mass is 10.3. The van der Waals surface area contributed by atoms with E-state index in [2.05, 4.69) is 26.4 Å². The SMILES string of the molecule is Cc1ccnc2c1[nH]c(=S)n2CCN1CCSCC1. The van der Waals surface area contributed by atoms with Gasteiger partial charge < -0.3 is 9.55 Å². The van der Waals surface area contributed by atoms with Crippen molar-refractivity contribution >= 4 is 35.1 Å². The Morgan fingerprint density at radius 2 is 2.16 bits per heavy atom. The van der Waals surface area contributed by atoms with Gasteiger partial charge in [0, 0.05) is 43.9 Å². The van der Waals surface area contributed by atoms with Gasteiger partial charge in [-0.25, -0.2) is 4.98 Å². The number of imidazole rings is 1. The largest absolute Gasteiger partial charge is 0.329 e. The van der Waals surface area contributed by atoms with Gasteiger partial charge in [0.2, 0.25) is 0 Å². The minimum atomic E-state index is 0.781. The molecule has 0 bridgehead atoms. The lowest BCUT2D eigenvalue weighted by Crippen LogP contribution is -2.35. The Morgan fingerprint density at radius 1 is 1.37 bits per heavy atom. The Kier molecular flexibility index (Phi) is 3.91. The van der Waals surface area contributed by atoms with Crippen LogP contribution in [0.4, 0.5) is 0 Å². The standard InChI is InChI=1S/C13H18N4S2/c1-10-2-3-14-12-11(10)15-13(18)17(12)5-4-16-6-8-19-9-7-16/h2-3H,4-9H2,1H3,(H,15,18). The highest BCUT2D eigenvalue weighted by atomic mass is 32.2. The predicted octanol–water partition coefficient (Wildman–Crippen LogP) is 2.45. The number of aromatic nitrogens is 3. The molecule has 102 valence electrons. The number of pyridine rings is 1. The lowest BCUT2D eigenvalue weighted by Gasteiger charge is -2.26. The van der Waals surface area contributed by atoms with Gasteiger partial charge in [0.05, 0.1) is 5.52 Å². The van der Waals surface area contributed by atoms with Crippen LogP contribution in [0.1, 0.15) is 5.56 Å². The highest BCUT2D eigenvalue weighted by molar-refractivity contribution is 7.99. The van der Waals surface area contributed by atoms with Crippen LogP contribution in [-0.2, 0) is 6.54 Å². The van der Waals surface area contributed by atoms with E-state index >= 15 is 0 Å². The van der Waals surface area contributed by atoms with E-state index in [9.17, 15) is 0 Å². The first-order valence-corrected chi connectivity index (χ1v) is 8.16. The number of H-pyrrole nitrogens is 1. The number of rotatable bonds is 3. The average molecular weight is 294 g/mol. The predicted molar refractivity (Wildman–Crippen MR) is 83.4 cm³/mol. The summed E-state index contributed by atoms with van der Waals surface area (Å²) in [5, 5.41) is 0. The van der Waals surface area contributed by atoms with Crippen molar-refractivity contribution in [3.8, 4) is 0 Å². The van der Waals surface area contributed by atoms with E-state index in [1.807, 2.05) is 24.0 Å². The van der Waals surface area contributed by atoms with Crippen LogP contribution >= 0.6 is 24.0 Å². The molecule has 0 saturated carbocycles. The molecule has 0 aliphatic carbocycles. The molecule has 4 nitrogen and oxygen atoms in total. The minimum Gasteiger partial charge on any atom is -0.329 e. The highest BCUT2D eigenvalue weighted by Crippen LogP contribution is 2.16. The van der Waals surface area contributed by atoms with E-state index in [4.69, 9.17) is 12.2 Å². The molecule has 6 heteroatoms. The van der Waals surface area contributed by atoms with E-state index < -0.39 is 0 Å². The zero-order valence-corrected chi connectivity index (χ0v) is 12.7. The molecule has 1 aliphatic rings. The van der Waals surface area contributed by atoms with Crippen molar-refractivity contribution < 1.29 is 0 Å². The summed E-state index contributed by atoms with van der Waals surface area (Å²) in [6.07, 6.45) is 1.86. The summed E-state index contributed by atoms with van der Waals surface area (Å²) in [5.41, 5.74) is 3.25. The lowest BCUT2D eigenvalue weighted by molar-refractivity contribution is 0.290. The van der Waals surface area contributed by atoms with Crippen molar-refractivity contribution in [3.05, 3.63) is 22.6 Å². The maximum absolute atomic E-state index is 5.42. The van der Waals surface area contributed by atoms with Gasteiger partial charge in [-0.15, -0.1) is 0 Å². The normalized spacial score (nSPS) is 17.1. The third-order valence-electron chi connectivity index (χ3n) is 3.62. The summed E-state index contributed by atoms with van der Waals surface area (Å²) in [5.74, 6) is 2.49. The number of hydrogen-bond donors (Lipinski definition) is 1. The molecule has 1 N–H and O–H groups in total. The molecule has 0 unspecified atom stereocenters. The van der Waals surface area contributed by atoms with Crippen LogP contribution in [-0.4, -0.2) is 50.6 Å². The molecule has 0 spiro atoms. The molecule has 1 saturated heterocycles. The molecule has 3 rings (SSSR count). The van der Waals surface area contributed by atoms with Crippen molar-refractivity contribution in [2.75, 3.05) is 31.1 Å². The molecule has 0 amide bonds. The molecule has 1 aliphatic heterocycles. The van der Waals surface area contributed by atoms with Gasteiger partial charge in [0.1, 0.15) is 0 Å². The summed E-state index contributed by atoms with van der Waals surface area (Å²) in [4.78, 5) is 10.3. The van der Waals surface area contributed by atoms with Gasteiger partial charge in [-0.05, 0) is 30.8 Å². The first-order valence-electron chi connectivity index (χ1n) is 6.60. The smallest absolute Gasteiger partial charge is 0.179 e. The second-order valence-corrected chi connectivity index (χ2v) is 6.47. The zero-order valence-electron chi connectivity index (χ0n) is 11.1. The van der Waals surface area contributed by atoms with E-state index in [0.29, 0.717) is 0 Å². The zero-order chi connectivity index (χ0) is 13.2. The fraction of sp³-hybridized carbons (Fsp3) is 0.538. The van der Waals surface area contributed by atoms with Crippen LogP contribution in [0.2, 0.25) is 0 Å². The summed E-state index contributed by atoms with van der Waals surface area (Å²) in [6, 6.07) is 2.01. The van der Waals surface area contributed by atoms with Crippen molar-refractivity contribution in [2.24, 2.45) is 0 Å². The number of hydrogen-bond acceptors (Lipinski definition) is 4. The molecule has 0 radical (unpaired) electrons. The summed E-state index contributed by atoms with van der Waals surface area (Å²) >= 11 is 7.47. The second-order valence-electron chi connectivity index (χ2n) is 4.86. The average Bonchev–Trinajstić information content (AvgIpc) is 2.75. The van der Waals surface area contributed by atoms with Gasteiger partial charge in [-0.1, -0.05) is 0 Å². The fourth-order valence-corrected chi connectivity index (χ4v) is 3.71. The highest BCUT2D eigenvalue weighted by Gasteiger charge is 2.12. The van der Waals surface area contributed by atoms with E-state index in [1.165, 1.54) is 30.2 Å². The molecule has 19 heavy (non-hydrogen) atoms. The van der Waals surface area contributed by atoms with E-state index in [-0.39, 0.29) is 0 Å². The number of fused-ring (bicyclic) bond motifs is 1. The molecule has 1 fully saturated rings. The van der Waals surface area contributed by atoms with Crippen molar-refractivity contribution in [1.82, 2.24) is 19.4 Å². The Hall–Kier alpha value is -0.850. The molecule has 0 aromatic carbocycles. The van der Waals surface area contributed by atoms with Crippen molar-refractivity contribution in [1.29, 1.82) is 0 Å². The Labute approximate surface area is 122 Å². The summed E-state index contributed by atoms with van der Waals surface area (Å²) in [7, 11) is 0. The number of nitrogens with zero attached hydrogens (tertiary/aromatic N) is 3. The molecule has 0 atom stereocenters. The van der Waals surface area contributed by atoms with Gasteiger partial charge in [0.15, 0.2) is 10.4 Å². The van der Waals surface area contributed by atoms with Gasteiger partial charge >= 0.3 is 0 Å². The van der Waals surface area contributed by atoms with Crippen molar-refractivity contribution in [3.63, 3.8) is 0 Å². The maximum Gasteiger partial charge on any atom is 0.179 e. The summed E-state index contributed by atoms with van der Waals surface area (Å²) < 4.78 is 2.91.